The van der Waals surface area contributed by atoms with E-state index in [0.717, 1.165) is 10.0 Å². The van der Waals surface area contributed by atoms with Gasteiger partial charge in [0, 0.05) is 0 Å². The van der Waals surface area contributed by atoms with Gasteiger partial charge in [-0.3, -0.25) is 9.68 Å². The van der Waals surface area contributed by atoms with Crippen LogP contribution in [0.1, 0.15) is 5.56 Å². The highest BCUT2D eigenvalue weighted by molar-refractivity contribution is 5.13. The van der Waals surface area contributed by atoms with E-state index in [0.29, 0.717) is 13.3 Å². The fourth-order valence-electron chi connectivity index (χ4n) is 1.22. The molecule has 0 bridgehead atoms. The highest BCUT2D eigenvalue weighted by atomic mass is 127. The van der Waals surface area contributed by atoms with Crippen LogP contribution in [-0.2, 0) is 16.3 Å². The van der Waals surface area contributed by atoms with Gasteiger partial charge in [-0.2, -0.15) is 0 Å². The van der Waals surface area contributed by atoms with E-state index in [2.05, 4.69) is 21.1 Å². The quantitative estimate of drug-likeness (QED) is 0.274. The molecule has 0 radical (unpaired) electrons. The predicted octanol–water partition coefficient (Wildman–Crippen LogP) is -1.35. The summed E-state index contributed by atoms with van der Waals surface area (Å²) in [7, 11) is 7.86. The number of benzene rings is 1. The first-order chi connectivity index (χ1) is 7.51. The van der Waals surface area contributed by atoms with Gasteiger partial charge in [0.15, 0.2) is 6.67 Å². The maximum atomic E-state index is 5.55. The van der Waals surface area contributed by atoms with Gasteiger partial charge in [0.2, 0.25) is 0 Å². The third kappa shape index (κ3) is 7.67. The van der Waals surface area contributed by atoms with Crippen molar-refractivity contribution < 1.29 is 38.1 Å². The van der Waals surface area contributed by atoms with Crippen LogP contribution < -0.4 is 24.0 Å². The molecule has 0 aromatic heterocycles. The van der Waals surface area contributed by atoms with Crippen molar-refractivity contribution in [3.05, 3.63) is 35.9 Å². The second-order valence-electron chi connectivity index (χ2n) is 4.71. The molecular formula is C12H21IN2O2. The lowest BCUT2D eigenvalue weighted by Gasteiger charge is -2.29. The Bertz CT molecular complexity index is 301. The Kier molecular flexibility index (Phi) is 7.89. The molecule has 0 fully saturated rings. The minimum absolute atomic E-state index is 0. The minimum Gasteiger partial charge on any atom is -1.00 e. The van der Waals surface area contributed by atoms with Crippen molar-refractivity contribution in [3.8, 4) is 0 Å². The summed E-state index contributed by atoms with van der Waals surface area (Å²) < 4.78 is 0.753. The molecule has 0 aliphatic heterocycles. The van der Waals surface area contributed by atoms with Gasteiger partial charge in [0.1, 0.15) is 0 Å². The second kappa shape index (κ2) is 7.99. The van der Waals surface area contributed by atoms with Crippen molar-refractivity contribution in [1.82, 2.24) is 5.23 Å². The molecule has 17 heavy (non-hydrogen) atoms. The molecule has 0 aliphatic carbocycles. The maximum Gasteiger partial charge on any atom is 0.182 e. The summed E-state index contributed by atoms with van der Waals surface area (Å²) in [6.07, 6.45) is 0. The molecule has 0 aliphatic rings. The molecule has 0 saturated carbocycles. The van der Waals surface area contributed by atoms with Crippen LogP contribution in [0.15, 0.2) is 30.3 Å². The van der Waals surface area contributed by atoms with Gasteiger partial charge in [-0.15, -0.1) is 0 Å². The highest BCUT2D eigenvalue weighted by Gasteiger charge is 2.15. The molecule has 1 rings (SSSR count). The lowest BCUT2D eigenvalue weighted by Crippen LogP contribution is -3.00. The lowest BCUT2D eigenvalue weighted by molar-refractivity contribution is -0.894. The SMILES string of the molecule is CON(C[N+](C)(C)C)OCc1ccccc1.[I-]. The first-order valence-corrected chi connectivity index (χ1v) is 5.30. The van der Waals surface area contributed by atoms with Crippen molar-refractivity contribution in [1.29, 1.82) is 0 Å². The van der Waals surface area contributed by atoms with Gasteiger partial charge in [-0.25, -0.2) is 0 Å². The van der Waals surface area contributed by atoms with Crippen molar-refractivity contribution in [2.75, 3.05) is 34.9 Å². The van der Waals surface area contributed by atoms with Gasteiger partial charge >= 0.3 is 0 Å². The number of quaternary nitrogens is 1. The number of hydrogen-bond acceptors (Lipinski definition) is 3. The molecule has 0 unspecified atom stereocenters. The Hall–Kier alpha value is -0.210. The van der Waals surface area contributed by atoms with E-state index >= 15 is 0 Å². The zero-order valence-electron chi connectivity index (χ0n) is 10.9. The van der Waals surface area contributed by atoms with Crippen molar-refractivity contribution >= 4 is 0 Å². The summed E-state index contributed by atoms with van der Waals surface area (Å²) in [5, 5.41) is 1.51. The maximum absolute atomic E-state index is 5.55. The van der Waals surface area contributed by atoms with Crippen molar-refractivity contribution in [3.63, 3.8) is 0 Å². The summed E-state index contributed by atoms with van der Waals surface area (Å²) in [5.41, 5.74) is 1.13. The van der Waals surface area contributed by atoms with E-state index in [-0.39, 0.29) is 24.0 Å². The van der Waals surface area contributed by atoms with Gasteiger partial charge in [-0.05, 0) is 10.8 Å². The summed E-state index contributed by atoms with van der Waals surface area (Å²) >= 11 is 0. The molecule has 4 nitrogen and oxygen atoms in total. The molecule has 5 heteroatoms. The third-order valence-corrected chi connectivity index (χ3v) is 1.96. The Balaban J connectivity index is 0.00000256. The van der Waals surface area contributed by atoms with Crippen molar-refractivity contribution in [2.24, 2.45) is 0 Å². The largest absolute Gasteiger partial charge is 1.00 e. The van der Waals surface area contributed by atoms with Crippen LogP contribution in [-0.4, -0.2) is 44.6 Å². The summed E-state index contributed by atoms with van der Waals surface area (Å²) in [5.74, 6) is 0. The van der Waals surface area contributed by atoms with E-state index in [1.165, 1.54) is 5.23 Å². The average Bonchev–Trinajstić information content (AvgIpc) is 2.24. The number of rotatable bonds is 6. The molecule has 1 aromatic carbocycles. The Morgan fingerprint density at radius 3 is 2.18 bits per heavy atom. The van der Waals surface area contributed by atoms with E-state index in [4.69, 9.17) is 9.68 Å². The van der Waals surface area contributed by atoms with Crippen LogP contribution in [0.3, 0.4) is 0 Å². The number of nitrogens with zero attached hydrogens (tertiary/aromatic N) is 2. The second-order valence-corrected chi connectivity index (χ2v) is 4.71. The van der Waals surface area contributed by atoms with Crippen LogP contribution in [0.5, 0.6) is 0 Å². The van der Waals surface area contributed by atoms with E-state index in [1.807, 2.05) is 30.3 Å². The number of hydroxylamine groups is 2. The summed E-state index contributed by atoms with van der Waals surface area (Å²) in [6, 6.07) is 10.0. The minimum atomic E-state index is 0. The van der Waals surface area contributed by atoms with Crippen LogP contribution >= 0.6 is 0 Å². The van der Waals surface area contributed by atoms with E-state index in [1.54, 1.807) is 7.11 Å². The molecule has 0 amide bonds. The first kappa shape index (κ1) is 16.8. The zero-order valence-corrected chi connectivity index (χ0v) is 13.0. The fourth-order valence-corrected chi connectivity index (χ4v) is 1.22. The molecule has 0 heterocycles. The number of hydrogen-bond donors (Lipinski definition) is 0. The topological polar surface area (TPSA) is 21.7 Å². The molecule has 0 saturated heterocycles. The molecule has 98 valence electrons. The molecule has 0 spiro atoms. The summed E-state index contributed by atoms with van der Waals surface area (Å²) in [4.78, 5) is 10.7. The van der Waals surface area contributed by atoms with Crippen LogP contribution in [0.4, 0.5) is 0 Å². The van der Waals surface area contributed by atoms with Gasteiger partial charge < -0.3 is 28.5 Å². The van der Waals surface area contributed by atoms with E-state index in [9.17, 15) is 0 Å². The Morgan fingerprint density at radius 2 is 1.71 bits per heavy atom. The Morgan fingerprint density at radius 1 is 1.12 bits per heavy atom. The first-order valence-electron chi connectivity index (χ1n) is 5.30. The van der Waals surface area contributed by atoms with Crippen LogP contribution in [0.2, 0.25) is 0 Å². The Labute approximate surface area is 121 Å². The monoisotopic (exact) mass is 352 g/mol. The van der Waals surface area contributed by atoms with Crippen LogP contribution in [0, 0.1) is 0 Å². The average molecular weight is 352 g/mol. The highest BCUT2D eigenvalue weighted by Crippen LogP contribution is 2.04. The van der Waals surface area contributed by atoms with Crippen LogP contribution in [0.25, 0.3) is 0 Å². The fraction of sp³-hybridized carbons (Fsp3) is 0.500. The van der Waals surface area contributed by atoms with Gasteiger partial charge in [0.25, 0.3) is 0 Å². The molecule has 0 atom stereocenters. The molecule has 0 N–H and O–H groups in total. The zero-order chi connectivity index (χ0) is 12.0. The summed E-state index contributed by atoms with van der Waals surface area (Å²) in [6.45, 7) is 1.19. The third-order valence-electron chi connectivity index (χ3n) is 1.96. The standard InChI is InChI=1S/C12H21N2O2.HI/c1-14(2,3)11-13(15-4)16-10-12-8-6-5-7-9-12;/h5-9H,10-11H2,1-4H3;1H/q+1;/p-1. The molecule has 1 aromatic rings. The van der Waals surface area contributed by atoms with Crippen molar-refractivity contribution in [2.45, 2.75) is 6.61 Å². The number of halogens is 1. The molecular weight excluding hydrogens is 331 g/mol. The predicted molar refractivity (Wildman–Crippen MR) is 63.0 cm³/mol. The normalized spacial score (nSPS) is 11.4. The van der Waals surface area contributed by atoms with E-state index < -0.39 is 0 Å². The van der Waals surface area contributed by atoms with Gasteiger partial charge in [0.05, 0.1) is 34.9 Å². The van der Waals surface area contributed by atoms with Gasteiger partial charge in [-0.1, -0.05) is 30.3 Å². The smallest absolute Gasteiger partial charge is 0.182 e. The lowest BCUT2D eigenvalue weighted by atomic mass is 10.2.